The first kappa shape index (κ1) is 25.8. The molecular weight excluding hydrogens is 373 g/mol. The number of aromatic nitrogens is 2. The molecule has 0 amide bonds. The molecule has 2 aromatic heterocycles. The first-order valence-corrected chi connectivity index (χ1v) is 6.43. The molecule has 0 aliphatic carbocycles. The molecule has 0 bridgehead atoms. The molecule has 0 radical (unpaired) electrons. The average molecular weight is 390 g/mol. The van der Waals surface area contributed by atoms with Crippen molar-refractivity contribution in [2.45, 2.75) is 20.3 Å². The summed E-state index contributed by atoms with van der Waals surface area (Å²) in [6.45, 7) is -1.76. The van der Waals surface area contributed by atoms with Gasteiger partial charge in [-0.25, -0.2) is 31.9 Å². The number of ether oxygens (including phenoxy) is 1. The van der Waals surface area contributed by atoms with Crippen LogP contribution in [0.25, 0.3) is 0 Å². The third-order valence-corrected chi connectivity index (χ3v) is 1.90. The second-order valence-electron chi connectivity index (χ2n) is 3.89. The highest BCUT2D eigenvalue weighted by atomic mass is 19.3. The summed E-state index contributed by atoms with van der Waals surface area (Å²) in [5.74, 6) is -2.08. The minimum Gasteiger partial charge on any atom is -0.487 e. The van der Waals surface area contributed by atoms with Gasteiger partial charge < -0.3 is 9.84 Å². The predicted molar refractivity (Wildman–Crippen MR) is 79.7 cm³/mol. The predicted octanol–water partition coefficient (Wildman–Crippen LogP) is 4.10. The van der Waals surface area contributed by atoms with Crippen LogP contribution in [0.15, 0.2) is 36.7 Å². The second kappa shape index (κ2) is 14.9. The Kier molecular flexibility index (Phi) is 14.8. The van der Waals surface area contributed by atoms with Crippen molar-refractivity contribution in [1.29, 1.82) is 0 Å². The molecule has 0 atom stereocenters. The Labute approximate surface area is 145 Å². The van der Waals surface area contributed by atoms with E-state index in [1.807, 2.05) is 0 Å². The summed E-state index contributed by atoms with van der Waals surface area (Å²) in [6.07, 6.45) is -2.89. The molecule has 0 aromatic carbocycles. The highest BCUT2D eigenvalue weighted by Gasteiger charge is 2.03. The summed E-state index contributed by atoms with van der Waals surface area (Å²) in [6, 6.07) is 4.07. The van der Waals surface area contributed by atoms with E-state index in [9.17, 15) is 30.7 Å². The lowest BCUT2D eigenvalue weighted by atomic mass is 10.4. The van der Waals surface area contributed by atoms with Gasteiger partial charge >= 0.3 is 0 Å². The molecular formula is C15H17F7N2O2. The third kappa shape index (κ3) is 15.1. The number of aliphatic hydroxyl groups excluding tert-OH is 1. The van der Waals surface area contributed by atoms with Crippen molar-refractivity contribution in [3.05, 3.63) is 54.4 Å². The minimum absolute atomic E-state index is 0. The van der Waals surface area contributed by atoms with E-state index in [1.54, 1.807) is 0 Å². The van der Waals surface area contributed by atoms with Crippen molar-refractivity contribution in [2.24, 2.45) is 0 Å². The van der Waals surface area contributed by atoms with E-state index in [0.29, 0.717) is 0 Å². The zero-order valence-corrected chi connectivity index (χ0v) is 12.4. The van der Waals surface area contributed by atoms with E-state index in [0.717, 1.165) is 30.6 Å². The van der Waals surface area contributed by atoms with Gasteiger partial charge in [-0.1, -0.05) is 7.43 Å². The highest BCUT2D eigenvalue weighted by molar-refractivity contribution is 5.17. The van der Waals surface area contributed by atoms with Gasteiger partial charge in [-0.15, -0.1) is 0 Å². The van der Waals surface area contributed by atoms with Crippen LogP contribution < -0.4 is 4.74 Å². The summed E-state index contributed by atoms with van der Waals surface area (Å²) in [4.78, 5) is 6.37. The Bertz CT molecular complexity index is 586. The van der Waals surface area contributed by atoms with Gasteiger partial charge in [0.15, 0.2) is 0 Å². The van der Waals surface area contributed by atoms with Crippen LogP contribution in [-0.4, -0.2) is 41.1 Å². The van der Waals surface area contributed by atoms with Gasteiger partial charge in [0.1, 0.15) is 24.8 Å². The number of hydrogen-bond donors (Lipinski definition) is 1. The topological polar surface area (TPSA) is 55.2 Å². The zero-order chi connectivity index (χ0) is 19.2. The fraction of sp³-hybridized carbons (Fsp3) is 0.333. The Hall–Kier alpha value is -2.43. The Morgan fingerprint density at radius 2 is 1.38 bits per heavy atom. The van der Waals surface area contributed by atoms with Crippen LogP contribution in [-0.2, 0) is 0 Å². The number of nitrogens with zero attached hydrogens (tertiary/aromatic N) is 2. The molecule has 26 heavy (non-hydrogen) atoms. The van der Waals surface area contributed by atoms with E-state index < -0.39 is 43.8 Å². The summed E-state index contributed by atoms with van der Waals surface area (Å²) in [7, 11) is 0. The maximum Gasteiger partial charge on any atom is 0.272 e. The summed E-state index contributed by atoms with van der Waals surface area (Å²) < 4.78 is 84.7. The smallest absolute Gasteiger partial charge is 0.272 e. The number of halogens is 7. The summed E-state index contributed by atoms with van der Waals surface area (Å²) in [5, 5.41) is 7.39. The molecule has 11 heteroatoms. The average Bonchev–Trinajstić information content (AvgIpc) is 2.54. The standard InChI is InChI=1S/C7H6F3NO.C5H3F2N.C2H4F2O.CH4/c8-6(9)4-12-5-1-2-11-7(10)3-5;6-4-1-2-8-5(7)3-4;3-2(4)1-5;/h1-3,6H,4H2;1-3H;2,5H,1H2;1H4. The molecule has 4 nitrogen and oxygen atoms in total. The second-order valence-corrected chi connectivity index (χ2v) is 3.89. The van der Waals surface area contributed by atoms with Crippen LogP contribution in [0, 0.1) is 17.7 Å². The Balaban J connectivity index is 0. The minimum atomic E-state index is -2.56. The maximum absolute atomic E-state index is 12.3. The van der Waals surface area contributed by atoms with Crippen LogP contribution >= 0.6 is 0 Å². The molecule has 0 saturated heterocycles. The van der Waals surface area contributed by atoms with Crippen LogP contribution in [0.2, 0.25) is 0 Å². The molecule has 0 unspecified atom stereocenters. The first-order chi connectivity index (χ1) is 11.7. The maximum atomic E-state index is 12.3. The molecule has 0 fully saturated rings. The van der Waals surface area contributed by atoms with Gasteiger partial charge in [0.2, 0.25) is 11.9 Å². The Morgan fingerprint density at radius 3 is 1.73 bits per heavy atom. The molecule has 0 aliphatic rings. The van der Waals surface area contributed by atoms with E-state index >= 15 is 0 Å². The van der Waals surface area contributed by atoms with Crippen LogP contribution in [0.5, 0.6) is 5.75 Å². The number of hydrogen-bond acceptors (Lipinski definition) is 4. The van der Waals surface area contributed by atoms with Gasteiger partial charge in [0.25, 0.3) is 12.9 Å². The molecule has 2 rings (SSSR count). The molecule has 148 valence electrons. The fourth-order valence-corrected chi connectivity index (χ4v) is 1.01. The van der Waals surface area contributed by atoms with Crippen LogP contribution in [0.4, 0.5) is 30.7 Å². The molecule has 2 heterocycles. The monoisotopic (exact) mass is 390 g/mol. The fourth-order valence-electron chi connectivity index (χ4n) is 1.01. The summed E-state index contributed by atoms with van der Waals surface area (Å²) in [5.41, 5.74) is 0. The number of rotatable bonds is 4. The van der Waals surface area contributed by atoms with Crippen molar-refractivity contribution in [1.82, 2.24) is 9.97 Å². The van der Waals surface area contributed by atoms with Crippen molar-refractivity contribution in [2.75, 3.05) is 13.2 Å². The Morgan fingerprint density at radius 1 is 0.885 bits per heavy atom. The lowest BCUT2D eigenvalue weighted by Crippen LogP contribution is -2.07. The lowest BCUT2D eigenvalue weighted by molar-refractivity contribution is 0.0700. The quantitative estimate of drug-likeness (QED) is 0.631. The molecule has 1 N–H and O–H groups in total. The van der Waals surface area contributed by atoms with Crippen LogP contribution in [0.3, 0.4) is 0 Å². The third-order valence-electron chi connectivity index (χ3n) is 1.90. The van der Waals surface area contributed by atoms with Crippen molar-refractivity contribution in [3.8, 4) is 5.75 Å². The van der Waals surface area contributed by atoms with Gasteiger partial charge in [-0.3, -0.25) is 0 Å². The van der Waals surface area contributed by atoms with Gasteiger partial charge in [-0.2, -0.15) is 8.78 Å². The highest BCUT2D eigenvalue weighted by Crippen LogP contribution is 2.10. The van der Waals surface area contributed by atoms with E-state index in [2.05, 4.69) is 14.7 Å². The van der Waals surface area contributed by atoms with E-state index in [-0.39, 0.29) is 13.2 Å². The van der Waals surface area contributed by atoms with Crippen molar-refractivity contribution in [3.63, 3.8) is 0 Å². The number of aliphatic hydroxyl groups is 1. The van der Waals surface area contributed by atoms with Crippen molar-refractivity contribution >= 4 is 0 Å². The first-order valence-electron chi connectivity index (χ1n) is 6.43. The summed E-state index contributed by atoms with van der Waals surface area (Å²) >= 11 is 0. The van der Waals surface area contributed by atoms with Crippen molar-refractivity contribution < 1.29 is 40.6 Å². The van der Waals surface area contributed by atoms with E-state index in [4.69, 9.17) is 5.11 Å². The number of pyridine rings is 2. The molecule has 0 aliphatic heterocycles. The van der Waals surface area contributed by atoms with Crippen LogP contribution in [0.1, 0.15) is 7.43 Å². The molecule has 0 spiro atoms. The van der Waals surface area contributed by atoms with Gasteiger partial charge in [0, 0.05) is 24.5 Å². The zero-order valence-electron chi connectivity index (χ0n) is 12.4. The largest absolute Gasteiger partial charge is 0.487 e. The van der Waals surface area contributed by atoms with Gasteiger partial charge in [-0.05, 0) is 12.1 Å². The SMILES string of the molecule is C.Fc1cc(OCC(F)F)ccn1.Fc1ccnc(F)c1.OCC(F)F. The normalized spacial score (nSPS) is 9.46. The molecule has 2 aromatic rings. The molecule has 0 saturated carbocycles. The lowest BCUT2D eigenvalue weighted by Gasteiger charge is -2.03. The number of alkyl halides is 4. The van der Waals surface area contributed by atoms with E-state index in [1.165, 1.54) is 6.07 Å². The van der Waals surface area contributed by atoms with Gasteiger partial charge in [0.05, 0.1) is 0 Å².